The summed E-state index contributed by atoms with van der Waals surface area (Å²) in [4.78, 5) is 18.9. The molecule has 0 unspecified atom stereocenters. The van der Waals surface area contributed by atoms with Gasteiger partial charge in [-0.15, -0.1) is 0 Å². The van der Waals surface area contributed by atoms with Crippen LogP contribution in [0.2, 0.25) is 0 Å². The van der Waals surface area contributed by atoms with Crippen molar-refractivity contribution in [3.63, 3.8) is 0 Å². The Labute approximate surface area is 160 Å². The van der Waals surface area contributed by atoms with E-state index in [1.54, 1.807) is 12.4 Å². The zero-order valence-electron chi connectivity index (χ0n) is 15.9. The van der Waals surface area contributed by atoms with E-state index in [1.165, 1.54) is 18.4 Å². The van der Waals surface area contributed by atoms with Crippen molar-refractivity contribution in [3.8, 4) is 16.9 Å². The fourth-order valence-electron chi connectivity index (χ4n) is 4.13. The van der Waals surface area contributed by atoms with E-state index in [1.807, 2.05) is 12.1 Å². The van der Waals surface area contributed by atoms with Crippen molar-refractivity contribution in [1.29, 1.82) is 0 Å². The summed E-state index contributed by atoms with van der Waals surface area (Å²) < 4.78 is 6.23. The van der Waals surface area contributed by atoms with E-state index in [0.29, 0.717) is 6.54 Å². The first-order chi connectivity index (χ1) is 13.2. The fraction of sp³-hybridized carbons (Fsp3) is 0.455. The second kappa shape index (κ2) is 8.09. The number of ether oxygens (including phenoxy) is 1. The lowest BCUT2D eigenvalue weighted by molar-refractivity contribution is -0.126. The SMILES string of the molecule is CN1CCCCC[C@H]1C(=O)NC[C@@H]1Cc2cccc(-c3ccncc3)c2O1. The second-order valence-corrected chi connectivity index (χ2v) is 7.56. The average molecular weight is 365 g/mol. The highest BCUT2D eigenvalue weighted by molar-refractivity contribution is 5.81. The van der Waals surface area contributed by atoms with Gasteiger partial charge in [-0.2, -0.15) is 0 Å². The number of likely N-dealkylation sites (tertiary alicyclic amines) is 1. The molecule has 1 aromatic carbocycles. The summed E-state index contributed by atoms with van der Waals surface area (Å²) in [7, 11) is 2.05. The van der Waals surface area contributed by atoms with Gasteiger partial charge in [-0.1, -0.05) is 31.0 Å². The van der Waals surface area contributed by atoms with E-state index in [4.69, 9.17) is 4.74 Å². The van der Waals surface area contributed by atoms with Crippen LogP contribution in [-0.4, -0.2) is 48.1 Å². The number of carbonyl (C=O) groups excluding carboxylic acids is 1. The lowest BCUT2D eigenvalue weighted by Gasteiger charge is -2.25. The average Bonchev–Trinajstić information content (AvgIpc) is 3.00. The van der Waals surface area contributed by atoms with Crippen LogP contribution in [0, 0.1) is 0 Å². The van der Waals surface area contributed by atoms with Gasteiger partial charge in [-0.3, -0.25) is 14.7 Å². The lowest BCUT2D eigenvalue weighted by atomic mass is 10.0. The Morgan fingerprint density at radius 2 is 2.07 bits per heavy atom. The number of nitrogens with one attached hydrogen (secondary N) is 1. The van der Waals surface area contributed by atoms with E-state index in [9.17, 15) is 4.79 Å². The van der Waals surface area contributed by atoms with Crippen LogP contribution in [0.25, 0.3) is 11.1 Å². The highest BCUT2D eigenvalue weighted by Gasteiger charge is 2.28. The quantitative estimate of drug-likeness (QED) is 0.905. The Kier molecular flexibility index (Phi) is 5.39. The minimum Gasteiger partial charge on any atom is -0.487 e. The molecular weight excluding hydrogens is 338 g/mol. The number of para-hydroxylation sites is 1. The summed E-state index contributed by atoms with van der Waals surface area (Å²) in [5.74, 6) is 1.07. The van der Waals surface area contributed by atoms with E-state index in [-0.39, 0.29) is 18.1 Å². The van der Waals surface area contributed by atoms with Gasteiger partial charge < -0.3 is 10.1 Å². The molecule has 1 N–H and O–H groups in total. The molecule has 0 saturated carbocycles. The van der Waals surface area contributed by atoms with Gasteiger partial charge in [0.15, 0.2) is 0 Å². The van der Waals surface area contributed by atoms with Crippen molar-refractivity contribution in [3.05, 3.63) is 48.3 Å². The van der Waals surface area contributed by atoms with E-state index in [0.717, 1.165) is 42.7 Å². The molecule has 2 aliphatic heterocycles. The Morgan fingerprint density at radius 3 is 2.93 bits per heavy atom. The summed E-state index contributed by atoms with van der Waals surface area (Å²) in [6.45, 7) is 1.55. The molecule has 2 aromatic rings. The van der Waals surface area contributed by atoms with Crippen LogP contribution in [-0.2, 0) is 11.2 Å². The first kappa shape index (κ1) is 18.0. The lowest BCUT2D eigenvalue weighted by Crippen LogP contribution is -2.47. The molecule has 5 heteroatoms. The van der Waals surface area contributed by atoms with Crippen LogP contribution in [0.1, 0.15) is 31.2 Å². The molecule has 27 heavy (non-hydrogen) atoms. The summed E-state index contributed by atoms with van der Waals surface area (Å²) in [6.07, 6.45) is 8.88. The van der Waals surface area contributed by atoms with Gasteiger partial charge in [-0.25, -0.2) is 0 Å². The van der Waals surface area contributed by atoms with E-state index in [2.05, 4.69) is 40.4 Å². The summed E-state index contributed by atoms with van der Waals surface area (Å²) in [5.41, 5.74) is 3.40. The summed E-state index contributed by atoms with van der Waals surface area (Å²) >= 11 is 0. The van der Waals surface area contributed by atoms with Crippen LogP contribution < -0.4 is 10.1 Å². The third kappa shape index (κ3) is 3.98. The normalized spacial score (nSPS) is 22.6. The largest absolute Gasteiger partial charge is 0.487 e. The van der Waals surface area contributed by atoms with Gasteiger partial charge >= 0.3 is 0 Å². The van der Waals surface area contributed by atoms with Crippen molar-refractivity contribution in [2.75, 3.05) is 20.1 Å². The number of aromatic nitrogens is 1. The third-order valence-corrected chi connectivity index (χ3v) is 5.65. The minimum atomic E-state index is -0.0111. The zero-order valence-corrected chi connectivity index (χ0v) is 15.9. The number of amides is 1. The standard InChI is InChI=1S/C22H27N3O2/c1-25-13-4-2-3-8-20(25)22(26)24-15-18-14-17-6-5-7-19(21(17)27-18)16-9-11-23-12-10-16/h5-7,9-12,18,20H,2-4,8,13-15H2,1H3,(H,24,26)/t18-,20-/m0/s1. The molecule has 2 aliphatic rings. The Morgan fingerprint density at radius 1 is 1.22 bits per heavy atom. The maximum atomic E-state index is 12.7. The van der Waals surface area contributed by atoms with Crippen molar-refractivity contribution in [1.82, 2.24) is 15.2 Å². The molecule has 142 valence electrons. The number of rotatable bonds is 4. The van der Waals surface area contributed by atoms with Crippen LogP contribution in [0.3, 0.4) is 0 Å². The van der Waals surface area contributed by atoms with Crippen molar-refractivity contribution in [2.24, 2.45) is 0 Å². The highest BCUT2D eigenvalue weighted by Crippen LogP contribution is 2.38. The molecule has 0 bridgehead atoms. The number of nitrogens with zero attached hydrogens (tertiary/aromatic N) is 2. The van der Waals surface area contributed by atoms with Gasteiger partial charge in [0.25, 0.3) is 0 Å². The Balaban J connectivity index is 1.40. The van der Waals surface area contributed by atoms with Gasteiger partial charge in [0.1, 0.15) is 11.9 Å². The van der Waals surface area contributed by atoms with E-state index >= 15 is 0 Å². The number of benzene rings is 1. The van der Waals surface area contributed by atoms with Crippen LogP contribution in [0.5, 0.6) is 5.75 Å². The van der Waals surface area contributed by atoms with Crippen LogP contribution in [0.4, 0.5) is 0 Å². The Hall–Kier alpha value is -2.40. The molecule has 1 aromatic heterocycles. The maximum Gasteiger partial charge on any atom is 0.237 e. The molecule has 0 aliphatic carbocycles. The molecule has 1 fully saturated rings. The third-order valence-electron chi connectivity index (χ3n) is 5.65. The first-order valence-electron chi connectivity index (χ1n) is 9.89. The molecule has 5 nitrogen and oxygen atoms in total. The number of hydrogen-bond acceptors (Lipinski definition) is 4. The fourth-order valence-corrected chi connectivity index (χ4v) is 4.13. The molecule has 1 saturated heterocycles. The summed E-state index contributed by atoms with van der Waals surface area (Å²) in [5, 5.41) is 3.13. The molecule has 2 atom stereocenters. The zero-order chi connectivity index (χ0) is 18.6. The van der Waals surface area contributed by atoms with Crippen molar-refractivity contribution in [2.45, 2.75) is 44.2 Å². The molecule has 3 heterocycles. The van der Waals surface area contributed by atoms with Gasteiger partial charge in [0.05, 0.1) is 12.6 Å². The minimum absolute atomic E-state index is 0.0105. The molecule has 4 rings (SSSR count). The maximum absolute atomic E-state index is 12.7. The number of hydrogen-bond donors (Lipinski definition) is 1. The predicted molar refractivity (Wildman–Crippen MR) is 106 cm³/mol. The van der Waals surface area contributed by atoms with Gasteiger partial charge in [0, 0.05) is 24.4 Å². The number of fused-ring (bicyclic) bond motifs is 1. The molecule has 1 amide bonds. The number of likely N-dealkylation sites (N-methyl/N-ethyl adjacent to an activating group) is 1. The topological polar surface area (TPSA) is 54.5 Å². The smallest absolute Gasteiger partial charge is 0.237 e. The first-order valence-corrected chi connectivity index (χ1v) is 9.89. The van der Waals surface area contributed by atoms with Gasteiger partial charge in [0.2, 0.25) is 5.91 Å². The molecule has 0 radical (unpaired) electrons. The molecule has 0 spiro atoms. The Bertz CT molecular complexity index is 793. The van der Waals surface area contributed by atoms with Gasteiger partial charge in [-0.05, 0) is 49.7 Å². The van der Waals surface area contributed by atoms with E-state index < -0.39 is 0 Å². The van der Waals surface area contributed by atoms with Crippen LogP contribution >= 0.6 is 0 Å². The predicted octanol–water partition coefficient (Wildman–Crippen LogP) is 3.04. The van der Waals surface area contributed by atoms with Crippen LogP contribution in [0.15, 0.2) is 42.7 Å². The van der Waals surface area contributed by atoms with Crippen molar-refractivity contribution >= 4 is 5.91 Å². The number of carbonyl (C=O) groups is 1. The highest BCUT2D eigenvalue weighted by atomic mass is 16.5. The van der Waals surface area contributed by atoms with Crippen molar-refractivity contribution < 1.29 is 9.53 Å². The monoisotopic (exact) mass is 365 g/mol. The second-order valence-electron chi connectivity index (χ2n) is 7.56. The summed E-state index contributed by atoms with van der Waals surface area (Å²) in [6, 6.07) is 10.2. The number of pyridine rings is 1. The molecular formula is C22H27N3O2.